The van der Waals surface area contributed by atoms with Gasteiger partial charge in [0.2, 0.25) is 0 Å². The number of rotatable bonds is 1. The molecule has 0 aromatic carbocycles. The molecule has 1 aromatic rings. The van der Waals surface area contributed by atoms with Crippen LogP contribution in [-0.2, 0) is 0 Å². The summed E-state index contributed by atoms with van der Waals surface area (Å²) in [5.74, 6) is 6.47. The summed E-state index contributed by atoms with van der Waals surface area (Å²) >= 11 is 0. The van der Waals surface area contributed by atoms with Gasteiger partial charge in [-0.1, -0.05) is 11.8 Å². The van der Waals surface area contributed by atoms with E-state index in [4.69, 9.17) is 11.5 Å². The third-order valence-electron chi connectivity index (χ3n) is 1.62. The highest BCUT2D eigenvalue weighted by molar-refractivity contribution is 5.44. The fourth-order valence-electron chi connectivity index (χ4n) is 0.890. The third kappa shape index (κ3) is 2.77. The first kappa shape index (κ1) is 9.56. The van der Waals surface area contributed by atoms with Crippen molar-refractivity contribution >= 4 is 5.82 Å². The molecule has 0 aliphatic rings. The summed E-state index contributed by atoms with van der Waals surface area (Å²) in [5.41, 5.74) is 12.7. The third-order valence-corrected chi connectivity index (χ3v) is 1.62. The zero-order chi connectivity index (χ0) is 9.68. The first-order valence-corrected chi connectivity index (χ1v) is 4.15. The van der Waals surface area contributed by atoms with E-state index in [1.54, 1.807) is 6.20 Å². The molecule has 0 aliphatic carbocycles. The molecule has 0 unspecified atom stereocenters. The van der Waals surface area contributed by atoms with E-state index in [-0.39, 0.29) is 0 Å². The number of aryl methyl sites for hydroxylation is 1. The maximum atomic E-state index is 5.56. The van der Waals surface area contributed by atoms with Gasteiger partial charge in [-0.05, 0) is 18.6 Å². The van der Waals surface area contributed by atoms with Crippen molar-refractivity contribution in [1.29, 1.82) is 0 Å². The Morgan fingerprint density at radius 1 is 1.54 bits per heavy atom. The number of nitrogens with two attached hydrogens (primary N) is 2. The molecule has 0 bridgehead atoms. The molecule has 0 saturated heterocycles. The van der Waals surface area contributed by atoms with Crippen LogP contribution >= 0.6 is 0 Å². The van der Waals surface area contributed by atoms with Gasteiger partial charge in [-0.25, -0.2) is 4.98 Å². The molecular weight excluding hydrogens is 162 g/mol. The van der Waals surface area contributed by atoms with Crippen molar-refractivity contribution in [3.05, 3.63) is 23.4 Å². The number of anilines is 1. The Bertz CT molecular complexity index is 347. The average Bonchev–Trinajstić information content (AvgIpc) is 2.12. The Morgan fingerprint density at radius 2 is 2.31 bits per heavy atom. The fraction of sp³-hybridized carbons (Fsp3) is 0.300. The van der Waals surface area contributed by atoms with Gasteiger partial charge in [0, 0.05) is 24.7 Å². The van der Waals surface area contributed by atoms with Gasteiger partial charge in [0.25, 0.3) is 0 Å². The topological polar surface area (TPSA) is 64.9 Å². The Hall–Kier alpha value is -1.53. The van der Waals surface area contributed by atoms with Crippen LogP contribution in [0.4, 0.5) is 5.82 Å². The zero-order valence-corrected chi connectivity index (χ0v) is 7.67. The van der Waals surface area contributed by atoms with E-state index in [9.17, 15) is 0 Å². The van der Waals surface area contributed by atoms with Crippen LogP contribution in [0.5, 0.6) is 0 Å². The number of nitrogen functional groups attached to an aromatic ring is 1. The summed E-state index contributed by atoms with van der Waals surface area (Å²) in [4.78, 5) is 4.00. The van der Waals surface area contributed by atoms with Crippen molar-refractivity contribution < 1.29 is 0 Å². The molecule has 13 heavy (non-hydrogen) atoms. The largest absolute Gasteiger partial charge is 0.383 e. The summed E-state index contributed by atoms with van der Waals surface area (Å²) in [6.45, 7) is 2.50. The highest BCUT2D eigenvalue weighted by atomic mass is 14.8. The minimum Gasteiger partial charge on any atom is -0.383 e. The summed E-state index contributed by atoms with van der Waals surface area (Å²) in [6, 6.07) is 1.92. The Balaban J connectivity index is 2.81. The van der Waals surface area contributed by atoms with Crippen LogP contribution in [0.25, 0.3) is 0 Å². The minimum atomic E-state index is 0.560. The number of pyridine rings is 1. The molecule has 0 fully saturated rings. The van der Waals surface area contributed by atoms with Gasteiger partial charge < -0.3 is 11.5 Å². The lowest BCUT2D eigenvalue weighted by Gasteiger charge is -1.97. The number of hydrogen-bond donors (Lipinski definition) is 2. The van der Waals surface area contributed by atoms with Crippen LogP contribution in [0.1, 0.15) is 17.5 Å². The van der Waals surface area contributed by atoms with E-state index >= 15 is 0 Å². The second-order valence-electron chi connectivity index (χ2n) is 2.77. The van der Waals surface area contributed by atoms with Gasteiger partial charge in [0.15, 0.2) is 0 Å². The summed E-state index contributed by atoms with van der Waals surface area (Å²) in [5, 5.41) is 0. The minimum absolute atomic E-state index is 0.560. The van der Waals surface area contributed by atoms with Crippen molar-refractivity contribution in [2.75, 3.05) is 12.3 Å². The van der Waals surface area contributed by atoms with Crippen molar-refractivity contribution in [2.24, 2.45) is 5.73 Å². The van der Waals surface area contributed by atoms with E-state index in [2.05, 4.69) is 16.8 Å². The van der Waals surface area contributed by atoms with E-state index < -0.39 is 0 Å². The quantitative estimate of drug-likeness (QED) is 0.617. The van der Waals surface area contributed by atoms with Gasteiger partial charge in [0.1, 0.15) is 5.82 Å². The molecule has 0 spiro atoms. The molecular formula is C10H13N3. The highest BCUT2D eigenvalue weighted by Crippen LogP contribution is 2.07. The van der Waals surface area contributed by atoms with Crippen LogP contribution in [0.3, 0.4) is 0 Å². The second-order valence-corrected chi connectivity index (χ2v) is 2.77. The number of aromatic nitrogens is 1. The molecule has 0 radical (unpaired) electrons. The lowest BCUT2D eigenvalue weighted by molar-refractivity contribution is 1.03. The van der Waals surface area contributed by atoms with Crippen molar-refractivity contribution in [2.45, 2.75) is 13.3 Å². The first-order chi connectivity index (χ1) is 6.24. The molecule has 3 heteroatoms. The second kappa shape index (κ2) is 4.48. The predicted octanol–water partition coefficient (Wildman–Crippen LogP) is 0.673. The maximum Gasteiger partial charge on any atom is 0.126 e. The van der Waals surface area contributed by atoms with Gasteiger partial charge in [-0.15, -0.1) is 0 Å². The highest BCUT2D eigenvalue weighted by Gasteiger charge is 1.94. The molecule has 68 valence electrons. The van der Waals surface area contributed by atoms with Gasteiger partial charge in [-0.3, -0.25) is 0 Å². The maximum absolute atomic E-state index is 5.56. The molecule has 1 rings (SSSR count). The number of nitrogens with zero attached hydrogens (tertiary/aromatic N) is 1. The van der Waals surface area contributed by atoms with E-state index in [0.29, 0.717) is 18.8 Å². The van der Waals surface area contributed by atoms with Crippen LogP contribution in [0.15, 0.2) is 12.3 Å². The zero-order valence-electron chi connectivity index (χ0n) is 7.67. The Morgan fingerprint density at radius 3 is 2.92 bits per heavy atom. The van der Waals surface area contributed by atoms with Crippen molar-refractivity contribution in [1.82, 2.24) is 4.98 Å². The Kier molecular flexibility index (Phi) is 3.30. The standard InChI is InChI=1S/C10H13N3/c1-8-6-9(4-2-3-5-11)7-13-10(8)12/h6-7H,3,5,11H2,1H3,(H2,12,13). The molecule has 0 saturated carbocycles. The molecule has 1 aromatic heterocycles. The number of hydrogen-bond acceptors (Lipinski definition) is 3. The lowest BCUT2D eigenvalue weighted by Crippen LogP contribution is -1.96. The smallest absolute Gasteiger partial charge is 0.126 e. The molecule has 0 atom stereocenters. The van der Waals surface area contributed by atoms with Crippen LogP contribution in [0.2, 0.25) is 0 Å². The van der Waals surface area contributed by atoms with Gasteiger partial charge >= 0.3 is 0 Å². The average molecular weight is 175 g/mol. The van der Waals surface area contributed by atoms with E-state index in [1.807, 2.05) is 13.0 Å². The molecule has 0 amide bonds. The summed E-state index contributed by atoms with van der Waals surface area (Å²) in [7, 11) is 0. The Labute approximate surface area is 78.2 Å². The monoisotopic (exact) mass is 175 g/mol. The normalized spacial score (nSPS) is 9.08. The van der Waals surface area contributed by atoms with Crippen molar-refractivity contribution in [3.8, 4) is 11.8 Å². The van der Waals surface area contributed by atoms with Crippen molar-refractivity contribution in [3.63, 3.8) is 0 Å². The fourth-order valence-corrected chi connectivity index (χ4v) is 0.890. The van der Waals surface area contributed by atoms with Crippen LogP contribution in [-0.4, -0.2) is 11.5 Å². The van der Waals surface area contributed by atoms with E-state index in [0.717, 1.165) is 11.1 Å². The van der Waals surface area contributed by atoms with Gasteiger partial charge in [0.05, 0.1) is 0 Å². The first-order valence-electron chi connectivity index (χ1n) is 4.15. The SMILES string of the molecule is Cc1cc(C#CCCN)cnc1N. The lowest BCUT2D eigenvalue weighted by atomic mass is 10.2. The van der Waals surface area contributed by atoms with E-state index in [1.165, 1.54) is 0 Å². The van der Waals surface area contributed by atoms with Gasteiger partial charge in [-0.2, -0.15) is 0 Å². The molecule has 1 heterocycles. The summed E-state index contributed by atoms with van der Waals surface area (Å²) < 4.78 is 0. The summed E-state index contributed by atoms with van der Waals surface area (Å²) in [6.07, 6.45) is 2.38. The molecule has 3 nitrogen and oxygen atoms in total. The molecule has 0 aliphatic heterocycles. The van der Waals surface area contributed by atoms with Crippen LogP contribution in [0, 0.1) is 18.8 Å². The van der Waals surface area contributed by atoms with Crippen LogP contribution < -0.4 is 11.5 Å². The molecule has 4 N–H and O–H groups in total. The predicted molar refractivity (Wildman–Crippen MR) is 53.9 cm³/mol.